The zero-order chi connectivity index (χ0) is 12.9. The second kappa shape index (κ2) is 6.13. The van der Waals surface area contributed by atoms with E-state index in [1.165, 1.54) is 0 Å². The van der Waals surface area contributed by atoms with Crippen LogP contribution in [0.2, 0.25) is 0 Å². The predicted molar refractivity (Wildman–Crippen MR) is 66.9 cm³/mol. The van der Waals surface area contributed by atoms with Crippen molar-refractivity contribution in [3.63, 3.8) is 0 Å². The molecule has 0 aliphatic heterocycles. The fourth-order valence-electron chi connectivity index (χ4n) is 1.22. The molecule has 0 amide bonds. The number of hydrogen-bond acceptors (Lipinski definition) is 4. The minimum Gasteiger partial charge on any atom is -0.347 e. The second-order valence-corrected chi connectivity index (χ2v) is 6.46. The summed E-state index contributed by atoms with van der Waals surface area (Å²) in [5, 5.41) is 2.63. The van der Waals surface area contributed by atoms with Gasteiger partial charge in [0.1, 0.15) is 5.82 Å². The maximum Gasteiger partial charge on any atom is 0.215 e. The molecule has 0 saturated heterocycles. The summed E-state index contributed by atoms with van der Waals surface area (Å²) in [4.78, 5) is 6.80. The van der Waals surface area contributed by atoms with Gasteiger partial charge in [0, 0.05) is 25.0 Å². The van der Waals surface area contributed by atoms with Gasteiger partial charge in [0.25, 0.3) is 0 Å². The quantitative estimate of drug-likeness (QED) is 0.654. The lowest BCUT2D eigenvalue weighted by atomic mass is 10.3. The van der Waals surface area contributed by atoms with Crippen molar-refractivity contribution >= 4 is 10.0 Å². The first-order chi connectivity index (χ1) is 7.92. The van der Waals surface area contributed by atoms with Crippen molar-refractivity contribution in [2.75, 3.05) is 6.54 Å². The Hall–Kier alpha value is -0.920. The van der Waals surface area contributed by atoms with Crippen molar-refractivity contribution in [1.29, 1.82) is 0 Å². The molecule has 0 saturated carbocycles. The SMILES string of the molecule is CC(C)NCC(C)S(=O)(=O)NCc1ncc[nH]1. The van der Waals surface area contributed by atoms with E-state index in [2.05, 4.69) is 20.0 Å². The van der Waals surface area contributed by atoms with Gasteiger partial charge >= 0.3 is 0 Å². The Morgan fingerprint density at radius 2 is 2.12 bits per heavy atom. The molecule has 7 heteroatoms. The maximum absolute atomic E-state index is 11.8. The third-order valence-corrected chi connectivity index (χ3v) is 4.11. The first-order valence-corrected chi connectivity index (χ1v) is 7.16. The number of nitrogens with zero attached hydrogens (tertiary/aromatic N) is 1. The van der Waals surface area contributed by atoms with Gasteiger partial charge in [0.15, 0.2) is 0 Å². The summed E-state index contributed by atoms with van der Waals surface area (Å²) in [6.07, 6.45) is 3.25. The van der Waals surface area contributed by atoms with E-state index in [1.807, 2.05) is 13.8 Å². The van der Waals surface area contributed by atoms with Gasteiger partial charge in [-0.3, -0.25) is 0 Å². The van der Waals surface area contributed by atoms with Crippen molar-refractivity contribution in [2.45, 2.75) is 38.6 Å². The summed E-state index contributed by atoms with van der Waals surface area (Å²) in [7, 11) is -3.30. The number of H-pyrrole nitrogens is 1. The van der Waals surface area contributed by atoms with Crippen molar-refractivity contribution in [3.8, 4) is 0 Å². The lowest BCUT2D eigenvalue weighted by Crippen LogP contribution is -2.40. The molecule has 1 atom stereocenters. The lowest BCUT2D eigenvalue weighted by molar-refractivity contribution is 0.539. The van der Waals surface area contributed by atoms with Crippen molar-refractivity contribution < 1.29 is 8.42 Å². The van der Waals surface area contributed by atoms with Crippen LogP contribution >= 0.6 is 0 Å². The van der Waals surface area contributed by atoms with Crippen LogP contribution in [0.25, 0.3) is 0 Å². The van der Waals surface area contributed by atoms with E-state index in [4.69, 9.17) is 0 Å². The van der Waals surface area contributed by atoms with Gasteiger partial charge in [-0.2, -0.15) is 0 Å². The zero-order valence-electron chi connectivity index (χ0n) is 10.4. The molecule has 1 aromatic heterocycles. The Morgan fingerprint density at radius 1 is 1.41 bits per heavy atom. The van der Waals surface area contributed by atoms with Crippen LogP contribution in [0, 0.1) is 0 Å². The molecule has 6 nitrogen and oxygen atoms in total. The van der Waals surface area contributed by atoms with Crippen LogP contribution in [-0.2, 0) is 16.6 Å². The van der Waals surface area contributed by atoms with Crippen molar-refractivity contribution in [2.24, 2.45) is 0 Å². The summed E-state index contributed by atoms with van der Waals surface area (Å²) >= 11 is 0. The van der Waals surface area contributed by atoms with Crippen LogP contribution in [0.15, 0.2) is 12.4 Å². The zero-order valence-corrected chi connectivity index (χ0v) is 11.2. The molecule has 0 spiro atoms. The summed E-state index contributed by atoms with van der Waals surface area (Å²) in [5.74, 6) is 0.609. The van der Waals surface area contributed by atoms with E-state index >= 15 is 0 Å². The highest BCUT2D eigenvalue weighted by atomic mass is 32.2. The minimum atomic E-state index is -3.30. The number of imidazole rings is 1. The van der Waals surface area contributed by atoms with Crippen LogP contribution in [0.3, 0.4) is 0 Å². The molecule has 17 heavy (non-hydrogen) atoms. The number of sulfonamides is 1. The highest BCUT2D eigenvalue weighted by Gasteiger charge is 2.20. The number of rotatable bonds is 7. The van der Waals surface area contributed by atoms with E-state index < -0.39 is 15.3 Å². The number of aromatic nitrogens is 2. The molecular weight excluding hydrogens is 240 g/mol. The smallest absolute Gasteiger partial charge is 0.215 e. The largest absolute Gasteiger partial charge is 0.347 e. The first-order valence-electron chi connectivity index (χ1n) is 5.62. The maximum atomic E-state index is 11.8. The molecule has 1 heterocycles. The minimum absolute atomic E-state index is 0.196. The van der Waals surface area contributed by atoms with Gasteiger partial charge in [-0.05, 0) is 6.92 Å². The van der Waals surface area contributed by atoms with Crippen molar-refractivity contribution in [1.82, 2.24) is 20.0 Å². The number of aromatic amines is 1. The van der Waals surface area contributed by atoms with Gasteiger partial charge in [-0.25, -0.2) is 18.1 Å². The highest BCUT2D eigenvalue weighted by molar-refractivity contribution is 7.90. The average Bonchev–Trinajstić information content (AvgIpc) is 2.75. The standard InChI is InChI=1S/C10H20N4O2S/c1-8(2)13-6-9(3)17(15,16)14-7-10-11-4-5-12-10/h4-5,8-9,13-14H,6-7H2,1-3H3,(H,11,12). The van der Waals surface area contributed by atoms with Gasteiger partial charge in [-0.15, -0.1) is 0 Å². The van der Waals surface area contributed by atoms with Gasteiger partial charge in [0.2, 0.25) is 10.0 Å². The Morgan fingerprint density at radius 3 is 2.65 bits per heavy atom. The summed E-state index contributed by atoms with van der Waals surface area (Å²) in [6, 6.07) is 0.276. The van der Waals surface area contributed by atoms with Crippen LogP contribution in [0.4, 0.5) is 0 Å². The molecule has 98 valence electrons. The fraction of sp³-hybridized carbons (Fsp3) is 0.700. The van der Waals surface area contributed by atoms with Gasteiger partial charge < -0.3 is 10.3 Å². The van der Waals surface area contributed by atoms with Crippen molar-refractivity contribution in [3.05, 3.63) is 18.2 Å². The van der Waals surface area contributed by atoms with E-state index in [9.17, 15) is 8.42 Å². The molecule has 0 aromatic carbocycles. The molecule has 1 aromatic rings. The Balaban J connectivity index is 2.44. The molecule has 3 N–H and O–H groups in total. The molecule has 1 unspecified atom stereocenters. The van der Waals surface area contributed by atoms with E-state index in [-0.39, 0.29) is 12.6 Å². The number of nitrogens with one attached hydrogen (secondary N) is 3. The van der Waals surface area contributed by atoms with Crippen LogP contribution in [-0.4, -0.2) is 36.2 Å². The molecule has 0 aliphatic carbocycles. The summed E-state index contributed by atoms with van der Waals surface area (Å²) in [6.45, 7) is 6.28. The van der Waals surface area contributed by atoms with Gasteiger partial charge in [0.05, 0.1) is 11.8 Å². The summed E-state index contributed by atoms with van der Waals surface area (Å²) in [5.41, 5.74) is 0. The topological polar surface area (TPSA) is 86.9 Å². The Bertz CT molecular complexity index is 414. The third-order valence-electron chi connectivity index (χ3n) is 2.34. The van der Waals surface area contributed by atoms with E-state index in [1.54, 1.807) is 19.3 Å². The average molecular weight is 260 g/mol. The van der Waals surface area contributed by atoms with Gasteiger partial charge in [-0.1, -0.05) is 13.8 Å². The molecule has 0 aliphatic rings. The molecule has 0 bridgehead atoms. The summed E-state index contributed by atoms with van der Waals surface area (Å²) < 4.78 is 26.2. The fourth-order valence-corrected chi connectivity index (χ4v) is 2.16. The Labute approximate surface area is 102 Å². The second-order valence-electron chi connectivity index (χ2n) is 4.28. The Kier molecular flexibility index (Phi) is 5.10. The molecule has 1 rings (SSSR count). The highest BCUT2D eigenvalue weighted by Crippen LogP contribution is 1.99. The monoisotopic (exact) mass is 260 g/mol. The predicted octanol–water partition coefficient (Wildman–Crippen LogP) is 0.216. The molecule has 0 radical (unpaired) electrons. The third kappa shape index (κ3) is 4.84. The van der Waals surface area contributed by atoms with Crippen LogP contribution in [0.1, 0.15) is 26.6 Å². The van der Waals surface area contributed by atoms with Crippen LogP contribution < -0.4 is 10.0 Å². The lowest BCUT2D eigenvalue weighted by Gasteiger charge is -2.15. The first kappa shape index (κ1) is 14.1. The number of hydrogen-bond donors (Lipinski definition) is 3. The van der Waals surface area contributed by atoms with E-state index in [0.29, 0.717) is 12.4 Å². The normalized spacial score (nSPS) is 14.1. The van der Waals surface area contributed by atoms with E-state index in [0.717, 1.165) is 0 Å². The van der Waals surface area contributed by atoms with Crippen LogP contribution in [0.5, 0.6) is 0 Å². The molecule has 0 fully saturated rings. The molecular formula is C10H20N4O2S.